The Balaban J connectivity index is 1.44. The van der Waals surface area contributed by atoms with Gasteiger partial charge in [0.25, 0.3) is 0 Å². The highest BCUT2D eigenvalue weighted by Crippen LogP contribution is 2.46. The number of para-hydroxylation sites is 1. The first-order valence-corrected chi connectivity index (χ1v) is 9.25. The lowest BCUT2D eigenvalue weighted by Gasteiger charge is -2.26. The molecule has 2 atom stereocenters. The lowest BCUT2D eigenvalue weighted by Crippen LogP contribution is -2.24. The third kappa shape index (κ3) is 3.30. The number of hydrogen-bond acceptors (Lipinski definition) is 3. The van der Waals surface area contributed by atoms with Crippen molar-refractivity contribution in [2.75, 3.05) is 0 Å². The van der Waals surface area contributed by atoms with Gasteiger partial charge in [-0.2, -0.15) is 11.8 Å². The van der Waals surface area contributed by atoms with Crippen LogP contribution >= 0.6 is 11.8 Å². The van der Waals surface area contributed by atoms with Crippen molar-refractivity contribution in [3.63, 3.8) is 0 Å². The van der Waals surface area contributed by atoms with Gasteiger partial charge in [0.1, 0.15) is 11.5 Å². The zero-order valence-electron chi connectivity index (χ0n) is 13.0. The monoisotopic (exact) mass is 324 g/mol. The van der Waals surface area contributed by atoms with Gasteiger partial charge in [-0.15, -0.1) is 0 Å². The summed E-state index contributed by atoms with van der Waals surface area (Å²) in [6.07, 6.45) is 4.70. The number of hydrogen-bond donors (Lipinski definition) is 0. The molecule has 2 unspecified atom stereocenters. The molecule has 2 aromatic carbocycles. The van der Waals surface area contributed by atoms with Gasteiger partial charge in [-0.25, -0.2) is 0 Å². The van der Waals surface area contributed by atoms with Crippen molar-refractivity contribution in [1.29, 1.82) is 0 Å². The number of carbonyl (C=O) groups is 1. The molecule has 0 saturated carbocycles. The molecule has 0 aromatic heterocycles. The highest BCUT2D eigenvalue weighted by Gasteiger charge is 2.37. The third-order valence-electron chi connectivity index (χ3n) is 4.78. The van der Waals surface area contributed by atoms with Crippen LogP contribution in [0.5, 0.6) is 11.5 Å². The zero-order valence-corrected chi connectivity index (χ0v) is 13.8. The van der Waals surface area contributed by atoms with Crippen molar-refractivity contribution in [2.24, 2.45) is 5.92 Å². The molecular weight excluding hydrogens is 304 g/mol. The molecule has 0 aliphatic carbocycles. The fraction of sp³-hybridized carbons (Fsp3) is 0.350. The Morgan fingerprint density at radius 1 is 0.870 bits per heavy atom. The SMILES string of the molecule is O=C(c1ccc(Oc2ccccc2)cc1)C1CC2CCC(C1)S2. The number of rotatable bonds is 4. The molecule has 0 N–H and O–H groups in total. The van der Waals surface area contributed by atoms with Gasteiger partial charge in [-0.1, -0.05) is 18.2 Å². The van der Waals surface area contributed by atoms with Crippen LogP contribution in [0.3, 0.4) is 0 Å². The molecule has 0 radical (unpaired) electrons. The van der Waals surface area contributed by atoms with Gasteiger partial charge in [0, 0.05) is 22.0 Å². The second kappa shape index (κ2) is 6.40. The fourth-order valence-corrected chi connectivity index (χ4v) is 5.39. The van der Waals surface area contributed by atoms with E-state index in [4.69, 9.17) is 4.74 Å². The Hall–Kier alpha value is -1.74. The Labute approximate surface area is 141 Å². The first kappa shape index (κ1) is 14.8. The Morgan fingerprint density at radius 3 is 2.13 bits per heavy atom. The number of benzene rings is 2. The molecule has 0 spiro atoms. The Bertz CT molecular complexity index is 669. The molecule has 23 heavy (non-hydrogen) atoms. The fourth-order valence-electron chi connectivity index (χ4n) is 3.62. The van der Waals surface area contributed by atoms with Crippen LogP contribution in [0.1, 0.15) is 36.0 Å². The zero-order chi connectivity index (χ0) is 15.6. The van der Waals surface area contributed by atoms with E-state index in [1.807, 2.05) is 54.6 Å². The Morgan fingerprint density at radius 2 is 1.48 bits per heavy atom. The van der Waals surface area contributed by atoms with E-state index in [9.17, 15) is 4.79 Å². The Kier molecular flexibility index (Phi) is 4.13. The first-order valence-electron chi connectivity index (χ1n) is 8.30. The van der Waals surface area contributed by atoms with E-state index < -0.39 is 0 Å². The third-order valence-corrected chi connectivity index (χ3v) is 6.40. The molecule has 2 aromatic rings. The average molecular weight is 324 g/mol. The largest absolute Gasteiger partial charge is 0.457 e. The van der Waals surface area contributed by atoms with Gasteiger partial charge in [-0.05, 0) is 62.1 Å². The number of Topliss-reactive ketones (excluding diaryl/α,β-unsaturated/α-hetero) is 1. The minimum atomic E-state index is 0.217. The highest BCUT2D eigenvalue weighted by molar-refractivity contribution is 8.00. The summed E-state index contributed by atoms with van der Waals surface area (Å²) in [7, 11) is 0. The summed E-state index contributed by atoms with van der Waals surface area (Å²) in [5.74, 6) is 2.11. The average Bonchev–Trinajstić information content (AvgIpc) is 2.94. The quantitative estimate of drug-likeness (QED) is 0.710. The molecule has 2 fully saturated rings. The van der Waals surface area contributed by atoms with Crippen LogP contribution in [0.4, 0.5) is 0 Å². The molecule has 0 amide bonds. The maximum absolute atomic E-state index is 12.7. The smallest absolute Gasteiger partial charge is 0.166 e. The van der Waals surface area contributed by atoms with Gasteiger partial charge in [-0.3, -0.25) is 4.79 Å². The molecule has 2 bridgehead atoms. The predicted octanol–water partition coefficient (Wildman–Crippen LogP) is 5.34. The maximum Gasteiger partial charge on any atom is 0.166 e. The summed E-state index contributed by atoms with van der Waals surface area (Å²) in [6.45, 7) is 0. The van der Waals surface area contributed by atoms with E-state index in [0.29, 0.717) is 16.3 Å². The number of ketones is 1. The minimum Gasteiger partial charge on any atom is -0.457 e. The molecule has 4 rings (SSSR count). The summed E-state index contributed by atoms with van der Waals surface area (Å²) >= 11 is 2.10. The van der Waals surface area contributed by atoms with Gasteiger partial charge in [0.2, 0.25) is 0 Å². The van der Waals surface area contributed by atoms with E-state index >= 15 is 0 Å². The number of ether oxygens (including phenoxy) is 1. The van der Waals surface area contributed by atoms with E-state index in [2.05, 4.69) is 11.8 Å². The van der Waals surface area contributed by atoms with E-state index in [1.54, 1.807) is 0 Å². The van der Waals surface area contributed by atoms with Crippen molar-refractivity contribution in [1.82, 2.24) is 0 Å². The van der Waals surface area contributed by atoms with Gasteiger partial charge < -0.3 is 4.74 Å². The van der Waals surface area contributed by atoms with E-state index in [1.165, 1.54) is 12.8 Å². The van der Waals surface area contributed by atoms with Crippen LogP contribution in [-0.2, 0) is 0 Å². The van der Waals surface area contributed by atoms with Crippen molar-refractivity contribution >= 4 is 17.5 Å². The predicted molar refractivity (Wildman–Crippen MR) is 94.4 cm³/mol. The summed E-state index contributed by atoms with van der Waals surface area (Å²) in [6, 6.07) is 17.3. The van der Waals surface area contributed by atoms with Crippen LogP contribution in [0, 0.1) is 5.92 Å². The summed E-state index contributed by atoms with van der Waals surface area (Å²) in [5.41, 5.74) is 0.821. The van der Waals surface area contributed by atoms with Crippen LogP contribution in [0.15, 0.2) is 54.6 Å². The van der Waals surface area contributed by atoms with Crippen LogP contribution in [-0.4, -0.2) is 16.3 Å². The maximum atomic E-state index is 12.7. The van der Waals surface area contributed by atoms with Crippen molar-refractivity contribution < 1.29 is 9.53 Å². The second-order valence-corrected chi connectivity index (χ2v) is 8.04. The van der Waals surface area contributed by atoms with Gasteiger partial charge >= 0.3 is 0 Å². The highest BCUT2D eigenvalue weighted by atomic mass is 32.2. The lowest BCUT2D eigenvalue weighted by molar-refractivity contribution is 0.0907. The lowest BCUT2D eigenvalue weighted by atomic mass is 9.90. The molecule has 118 valence electrons. The van der Waals surface area contributed by atoms with Gasteiger partial charge in [0.05, 0.1) is 0 Å². The summed E-state index contributed by atoms with van der Waals surface area (Å²) in [4.78, 5) is 12.7. The van der Waals surface area contributed by atoms with Crippen molar-refractivity contribution in [3.05, 3.63) is 60.2 Å². The summed E-state index contributed by atoms with van der Waals surface area (Å²) < 4.78 is 5.79. The molecule has 2 nitrogen and oxygen atoms in total. The topological polar surface area (TPSA) is 26.3 Å². The van der Waals surface area contributed by atoms with Crippen molar-refractivity contribution in [3.8, 4) is 11.5 Å². The summed E-state index contributed by atoms with van der Waals surface area (Å²) in [5, 5.41) is 1.42. The number of thioether (sulfide) groups is 1. The first-order chi connectivity index (χ1) is 11.3. The molecule has 2 aliphatic rings. The molecule has 3 heteroatoms. The van der Waals surface area contributed by atoms with Gasteiger partial charge in [0.15, 0.2) is 5.78 Å². The molecule has 2 heterocycles. The van der Waals surface area contributed by atoms with E-state index in [-0.39, 0.29) is 5.92 Å². The molecule has 2 saturated heterocycles. The normalized spacial score (nSPS) is 26.0. The second-order valence-electron chi connectivity index (χ2n) is 6.43. The molecule has 2 aliphatic heterocycles. The number of carbonyl (C=O) groups excluding carboxylic acids is 1. The number of fused-ring (bicyclic) bond motifs is 2. The van der Waals surface area contributed by atoms with Crippen LogP contribution in [0.2, 0.25) is 0 Å². The van der Waals surface area contributed by atoms with E-state index in [0.717, 1.165) is 29.9 Å². The van der Waals surface area contributed by atoms with Crippen molar-refractivity contribution in [2.45, 2.75) is 36.2 Å². The van der Waals surface area contributed by atoms with Crippen LogP contribution in [0.25, 0.3) is 0 Å². The standard InChI is InChI=1S/C20H20O2S/c21-20(15-12-18-10-11-19(13-15)23-18)14-6-8-17(9-7-14)22-16-4-2-1-3-5-16/h1-9,15,18-19H,10-13H2. The van der Waals surface area contributed by atoms with Crippen LogP contribution < -0.4 is 4.74 Å². The minimum absolute atomic E-state index is 0.217. The molecular formula is C20H20O2S.